The second-order valence-corrected chi connectivity index (χ2v) is 6.97. The molecule has 0 spiro atoms. The maximum atomic E-state index is 12.8. The molecule has 0 saturated heterocycles. The summed E-state index contributed by atoms with van der Waals surface area (Å²) < 4.78 is 18.0. The molecule has 1 rings (SSSR count). The normalized spacial score (nSPS) is 14.0. The van der Waals surface area contributed by atoms with Gasteiger partial charge < -0.3 is 25.3 Å². The van der Waals surface area contributed by atoms with E-state index < -0.39 is 36.9 Å². The first-order valence-corrected chi connectivity index (χ1v) is 9.32. The van der Waals surface area contributed by atoms with E-state index in [9.17, 15) is 23.9 Å². The minimum atomic E-state index is -1.42. The van der Waals surface area contributed by atoms with Gasteiger partial charge in [-0.25, -0.2) is 9.18 Å². The molecule has 3 atom stereocenters. The van der Waals surface area contributed by atoms with Gasteiger partial charge in [-0.1, -0.05) is 44.2 Å². The zero-order chi connectivity index (χ0) is 20.9. The number of ether oxygens (including phenoxy) is 1. The number of hydrogen-bond donors (Lipinski definition) is 3. The van der Waals surface area contributed by atoms with Crippen molar-refractivity contribution in [3.63, 3.8) is 0 Å². The van der Waals surface area contributed by atoms with Crippen molar-refractivity contribution in [2.45, 2.75) is 57.9 Å². The number of carbonyl (C=O) groups is 3. The summed E-state index contributed by atoms with van der Waals surface area (Å²) in [4.78, 5) is 35.2. The Morgan fingerprint density at radius 3 is 2.46 bits per heavy atom. The zero-order valence-corrected chi connectivity index (χ0v) is 16.3. The first-order valence-electron chi connectivity index (χ1n) is 9.32. The number of benzene rings is 1. The summed E-state index contributed by atoms with van der Waals surface area (Å²) in [6, 6.07) is 7.28. The van der Waals surface area contributed by atoms with E-state index in [1.165, 1.54) is 0 Å². The molecule has 1 aromatic rings. The van der Waals surface area contributed by atoms with Crippen LogP contribution < -0.4 is 10.6 Å². The van der Waals surface area contributed by atoms with E-state index in [1.807, 2.05) is 44.2 Å². The molecule has 0 radical (unpaired) electrons. The minimum absolute atomic E-state index is 0.0607. The highest BCUT2D eigenvalue weighted by Gasteiger charge is 2.27. The molecule has 0 aliphatic rings. The van der Waals surface area contributed by atoms with Gasteiger partial charge in [-0.2, -0.15) is 0 Å². The zero-order valence-electron chi connectivity index (χ0n) is 16.3. The molecule has 3 N–H and O–H groups in total. The summed E-state index contributed by atoms with van der Waals surface area (Å²) >= 11 is 0. The molecule has 0 fully saturated rings. The van der Waals surface area contributed by atoms with Gasteiger partial charge in [0.15, 0.2) is 0 Å². The number of hydrogen-bond acceptors (Lipinski definition) is 5. The average Bonchev–Trinajstić information content (AvgIpc) is 2.68. The number of aliphatic hydroxyl groups is 1. The Hall–Kier alpha value is -2.48. The second kappa shape index (κ2) is 12.8. The summed E-state index contributed by atoms with van der Waals surface area (Å²) in [5.74, 6) is -0.474. The number of alkyl carbamates (subject to hydrolysis) is 1. The van der Waals surface area contributed by atoms with Crippen LogP contribution in [0.5, 0.6) is 0 Å². The van der Waals surface area contributed by atoms with E-state index in [-0.39, 0.29) is 25.4 Å². The Labute approximate surface area is 164 Å². The maximum Gasteiger partial charge on any atom is 0.408 e. The molecular weight excluding hydrogens is 367 g/mol. The highest BCUT2D eigenvalue weighted by atomic mass is 19.1. The first-order chi connectivity index (χ1) is 13.4. The van der Waals surface area contributed by atoms with Crippen LogP contribution in [0.1, 0.15) is 38.7 Å². The molecule has 0 aliphatic carbocycles. The third kappa shape index (κ3) is 8.94. The van der Waals surface area contributed by atoms with E-state index in [0.717, 1.165) is 5.56 Å². The Bertz CT molecular complexity index is 612. The molecule has 0 saturated carbocycles. The molecule has 156 valence electrons. The molecule has 1 aromatic carbocycles. The summed E-state index contributed by atoms with van der Waals surface area (Å²) in [6.07, 6.45) is -1.03. The van der Waals surface area contributed by atoms with Crippen LogP contribution in [0.3, 0.4) is 0 Å². The van der Waals surface area contributed by atoms with Gasteiger partial charge in [0.25, 0.3) is 0 Å². The molecule has 0 aromatic heterocycles. The van der Waals surface area contributed by atoms with Gasteiger partial charge >= 0.3 is 6.09 Å². The Balaban J connectivity index is 2.69. The number of amides is 2. The van der Waals surface area contributed by atoms with Gasteiger partial charge in [-0.05, 0) is 24.3 Å². The fraction of sp³-hybridized carbons (Fsp3) is 0.550. The van der Waals surface area contributed by atoms with Crippen molar-refractivity contribution in [1.82, 2.24) is 10.6 Å². The molecule has 28 heavy (non-hydrogen) atoms. The summed E-state index contributed by atoms with van der Waals surface area (Å²) in [5.41, 5.74) is 0.808. The van der Waals surface area contributed by atoms with E-state index in [4.69, 9.17) is 4.74 Å². The Morgan fingerprint density at radius 1 is 1.21 bits per heavy atom. The fourth-order valence-electron chi connectivity index (χ4n) is 2.61. The molecular formula is C20H29FN2O5. The highest BCUT2D eigenvalue weighted by molar-refractivity contribution is 5.85. The van der Waals surface area contributed by atoms with Crippen LogP contribution in [-0.2, 0) is 20.9 Å². The number of halogens is 1. The topological polar surface area (TPSA) is 105 Å². The average molecular weight is 396 g/mol. The van der Waals surface area contributed by atoms with Gasteiger partial charge in [0.1, 0.15) is 31.7 Å². The quantitative estimate of drug-likeness (QED) is 0.470. The van der Waals surface area contributed by atoms with Crippen molar-refractivity contribution in [1.29, 1.82) is 0 Å². The Morgan fingerprint density at radius 2 is 1.89 bits per heavy atom. The van der Waals surface area contributed by atoms with Crippen LogP contribution >= 0.6 is 0 Å². The third-order valence-electron chi connectivity index (χ3n) is 4.07. The summed E-state index contributed by atoms with van der Waals surface area (Å²) in [5, 5.41) is 14.8. The van der Waals surface area contributed by atoms with Crippen LogP contribution in [0, 0.1) is 5.92 Å². The van der Waals surface area contributed by atoms with E-state index in [2.05, 4.69) is 10.6 Å². The highest BCUT2D eigenvalue weighted by Crippen LogP contribution is 2.09. The number of nitrogens with one attached hydrogen (secondary N) is 2. The lowest BCUT2D eigenvalue weighted by Crippen LogP contribution is -2.53. The van der Waals surface area contributed by atoms with Gasteiger partial charge in [0, 0.05) is 6.42 Å². The lowest BCUT2D eigenvalue weighted by atomic mass is 10.0. The van der Waals surface area contributed by atoms with Crippen molar-refractivity contribution >= 4 is 18.3 Å². The lowest BCUT2D eigenvalue weighted by Gasteiger charge is -2.26. The fourth-order valence-corrected chi connectivity index (χ4v) is 2.61. The van der Waals surface area contributed by atoms with Gasteiger partial charge in [-0.3, -0.25) is 4.79 Å². The monoisotopic (exact) mass is 396 g/mol. The molecule has 2 amide bonds. The van der Waals surface area contributed by atoms with E-state index in [1.54, 1.807) is 0 Å². The van der Waals surface area contributed by atoms with E-state index in [0.29, 0.717) is 12.7 Å². The smallest absolute Gasteiger partial charge is 0.408 e. The van der Waals surface area contributed by atoms with Crippen molar-refractivity contribution in [2.75, 3.05) is 6.67 Å². The number of alkyl halides is 1. The molecule has 2 unspecified atom stereocenters. The van der Waals surface area contributed by atoms with Gasteiger partial charge in [0.05, 0.1) is 6.04 Å². The Kier molecular flexibility index (Phi) is 10.8. The molecule has 7 nitrogen and oxygen atoms in total. The number of carbonyl (C=O) groups excluding carboxylic acids is 3. The van der Waals surface area contributed by atoms with Crippen LogP contribution in [0.25, 0.3) is 0 Å². The third-order valence-corrected chi connectivity index (χ3v) is 4.07. The van der Waals surface area contributed by atoms with Crippen LogP contribution in [0.4, 0.5) is 9.18 Å². The molecule has 0 aliphatic heterocycles. The largest absolute Gasteiger partial charge is 0.445 e. The number of aldehydes is 1. The molecule has 0 bridgehead atoms. The standard InChI is InChI=1S/C20H29FN2O5/c1-14(2)11-17(19(26)22-16(9-6-10-24)18(25)12-21)23-20(27)28-13-15-7-4-3-5-8-15/h3-5,7-8,10,14,16-18,25H,6,9,11-13H2,1-2H3,(H,22,26)(H,23,27)/t16?,17-,18?/m0/s1. The predicted molar refractivity (Wildman–Crippen MR) is 102 cm³/mol. The summed E-state index contributed by atoms with van der Waals surface area (Å²) in [7, 11) is 0. The summed E-state index contributed by atoms with van der Waals surface area (Å²) in [6.45, 7) is 2.78. The van der Waals surface area contributed by atoms with Crippen molar-refractivity contribution in [3.05, 3.63) is 35.9 Å². The van der Waals surface area contributed by atoms with Crippen LogP contribution in [0.2, 0.25) is 0 Å². The molecule has 8 heteroatoms. The number of aliphatic hydroxyl groups excluding tert-OH is 1. The molecule has 0 heterocycles. The lowest BCUT2D eigenvalue weighted by molar-refractivity contribution is -0.125. The minimum Gasteiger partial charge on any atom is -0.445 e. The maximum absolute atomic E-state index is 12.8. The number of rotatable bonds is 12. The van der Waals surface area contributed by atoms with Gasteiger partial charge in [-0.15, -0.1) is 0 Å². The van der Waals surface area contributed by atoms with Crippen LogP contribution in [0.15, 0.2) is 30.3 Å². The SMILES string of the molecule is CC(C)C[C@H](NC(=O)OCc1ccccc1)C(=O)NC(CCC=O)C(O)CF. The van der Waals surface area contributed by atoms with Crippen molar-refractivity contribution < 1.29 is 28.6 Å². The first kappa shape index (κ1) is 23.6. The van der Waals surface area contributed by atoms with Crippen LogP contribution in [-0.4, -0.2) is 48.3 Å². The second-order valence-electron chi connectivity index (χ2n) is 6.97. The van der Waals surface area contributed by atoms with Crippen molar-refractivity contribution in [3.8, 4) is 0 Å². The predicted octanol–water partition coefficient (Wildman–Crippen LogP) is 2.12. The van der Waals surface area contributed by atoms with Crippen molar-refractivity contribution in [2.24, 2.45) is 5.92 Å². The van der Waals surface area contributed by atoms with E-state index >= 15 is 0 Å². The van der Waals surface area contributed by atoms with Gasteiger partial charge in [0.2, 0.25) is 5.91 Å².